The summed E-state index contributed by atoms with van der Waals surface area (Å²) in [4.78, 5) is 58.8. The number of nitrogens with one attached hydrogen (secondary N) is 3. The summed E-state index contributed by atoms with van der Waals surface area (Å²) < 4.78 is 0. The number of carbonyl (C=O) groups is 5. The zero-order chi connectivity index (χ0) is 23.3. The lowest BCUT2D eigenvalue weighted by Crippen LogP contribution is -2.54. The molecule has 4 amide bonds. The van der Waals surface area contributed by atoms with Gasteiger partial charge >= 0.3 is 5.97 Å². The van der Waals surface area contributed by atoms with Crippen LogP contribution in [-0.2, 0) is 24.0 Å². The smallest absolute Gasteiger partial charge is 0.326 e. The number of carbonyl (C=O) groups excluding carboxylic acids is 4. The zero-order valence-electron chi connectivity index (χ0n) is 17.6. The highest BCUT2D eigenvalue weighted by Gasteiger charge is 2.27. The minimum absolute atomic E-state index is 0.0181. The van der Waals surface area contributed by atoms with E-state index < -0.39 is 47.7 Å². The van der Waals surface area contributed by atoms with Crippen molar-refractivity contribution in [1.29, 1.82) is 0 Å². The van der Waals surface area contributed by atoms with Gasteiger partial charge in [0, 0.05) is 6.42 Å². The standard InChI is InChI=1S/C18H33N5O6S/c1-10(2)8-13(17(27)23-12(18(28)29)4-5-14(20)24)22-15(25)9-21-16(26)11(19)6-7-30-3/h10-13H,4-9,19H2,1-3H3,(H2,20,24)(H,21,26)(H,22,25)(H,23,27)(H,28,29). The maximum absolute atomic E-state index is 12.5. The second kappa shape index (κ2) is 14.6. The van der Waals surface area contributed by atoms with Crippen molar-refractivity contribution >= 4 is 41.4 Å². The summed E-state index contributed by atoms with van der Waals surface area (Å²) in [6.07, 6.45) is 2.24. The SMILES string of the molecule is CSCCC(N)C(=O)NCC(=O)NC(CC(C)C)C(=O)NC(CCC(N)=O)C(=O)O. The molecule has 0 aromatic carbocycles. The molecule has 3 atom stereocenters. The van der Waals surface area contributed by atoms with E-state index >= 15 is 0 Å². The van der Waals surface area contributed by atoms with Crippen LogP contribution in [0.5, 0.6) is 0 Å². The largest absolute Gasteiger partial charge is 0.480 e. The molecule has 8 N–H and O–H groups in total. The van der Waals surface area contributed by atoms with Gasteiger partial charge in [-0.05, 0) is 37.2 Å². The number of thioether (sulfide) groups is 1. The van der Waals surface area contributed by atoms with Gasteiger partial charge < -0.3 is 32.5 Å². The van der Waals surface area contributed by atoms with Crippen LogP contribution in [-0.4, -0.2) is 71.4 Å². The van der Waals surface area contributed by atoms with E-state index in [4.69, 9.17) is 11.5 Å². The summed E-state index contributed by atoms with van der Waals surface area (Å²) in [5.41, 5.74) is 10.8. The molecule has 30 heavy (non-hydrogen) atoms. The van der Waals surface area contributed by atoms with E-state index in [0.717, 1.165) is 0 Å². The Bertz CT molecular complexity index is 616. The van der Waals surface area contributed by atoms with Crippen LogP contribution < -0.4 is 27.4 Å². The summed E-state index contributed by atoms with van der Waals surface area (Å²) in [7, 11) is 0. The molecule has 0 rings (SSSR count). The van der Waals surface area contributed by atoms with Crippen molar-refractivity contribution in [1.82, 2.24) is 16.0 Å². The van der Waals surface area contributed by atoms with E-state index in [0.29, 0.717) is 12.2 Å². The van der Waals surface area contributed by atoms with Gasteiger partial charge in [0.25, 0.3) is 0 Å². The summed E-state index contributed by atoms with van der Waals surface area (Å²) in [6, 6.07) is -3.05. The van der Waals surface area contributed by atoms with Gasteiger partial charge in [-0.1, -0.05) is 13.8 Å². The molecule has 0 aromatic rings. The van der Waals surface area contributed by atoms with Crippen molar-refractivity contribution in [3.63, 3.8) is 0 Å². The third-order valence-electron chi connectivity index (χ3n) is 4.05. The Labute approximate surface area is 180 Å². The average molecular weight is 448 g/mol. The van der Waals surface area contributed by atoms with Crippen molar-refractivity contribution in [3.8, 4) is 0 Å². The number of nitrogens with two attached hydrogens (primary N) is 2. The number of amides is 4. The minimum Gasteiger partial charge on any atom is -0.480 e. The van der Waals surface area contributed by atoms with Crippen LogP contribution in [0.15, 0.2) is 0 Å². The molecule has 0 aliphatic rings. The van der Waals surface area contributed by atoms with Gasteiger partial charge in [0.05, 0.1) is 12.6 Å². The van der Waals surface area contributed by atoms with Crippen LogP contribution in [0.3, 0.4) is 0 Å². The van der Waals surface area contributed by atoms with Gasteiger partial charge in [0.15, 0.2) is 0 Å². The van der Waals surface area contributed by atoms with Crippen LogP contribution in [0.2, 0.25) is 0 Å². The first-order valence-electron chi connectivity index (χ1n) is 9.60. The van der Waals surface area contributed by atoms with E-state index in [2.05, 4.69) is 16.0 Å². The van der Waals surface area contributed by atoms with Crippen molar-refractivity contribution in [3.05, 3.63) is 0 Å². The lowest BCUT2D eigenvalue weighted by atomic mass is 10.0. The molecule has 3 unspecified atom stereocenters. The first-order valence-corrected chi connectivity index (χ1v) is 11.0. The molecular weight excluding hydrogens is 414 g/mol. The second-order valence-electron chi connectivity index (χ2n) is 7.26. The highest BCUT2D eigenvalue weighted by molar-refractivity contribution is 7.98. The molecule has 11 nitrogen and oxygen atoms in total. The third kappa shape index (κ3) is 12.3. The van der Waals surface area contributed by atoms with Crippen molar-refractivity contribution in [2.24, 2.45) is 17.4 Å². The molecule has 0 bridgehead atoms. The monoisotopic (exact) mass is 447 g/mol. The maximum Gasteiger partial charge on any atom is 0.326 e. The summed E-state index contributed by atoms with van der Waals surface area (Å²) in [6.45, 7) is 3.30. The van der Waals surface area contributed by atoms with Crippen molar-refractivity contribution in [2.45, 2.75) is 57.7 Å². The number of carboxylic acid groups (broad SMARTS) is 1. The number of hydrogen-bond donors (Lipinski definition) is 6. The lowest BCUT2D eigenvalue weighted by molar-refractivity contribution is -0.142. The van der Waals surface area contributed by atoms with Gasteiger partial charge in [0.1, 0.15) is 12.1 Å². The van der Waals surface area contributed by atoms with Crippen LogP contribution in [0, 0.1) is 5.92 Å². The molecule has 0 radical (unpaired) electrons. The van der Waals surface area contributed by atoms with Gasteiger partial charge in [0.2, 0.25) is 23.6 Å². The molecule has 0 aromatic heterocycles. The maximum atomic E-state index is 12.5. The van der Waals surface area contributed by atoms with Crippen molar-refractivity contribution < 1.29 is 29.1 Å². The fourth-order valence-electron chi connectivity index (χ4n) is 2.44. The summed E-state index contributed by atoms with van der Waals surface area (Å²) >= 11 is 1.55. The molecule has 0 heterocycles. The quantitative estimate of drug-likeness (QED) is 0.175. The fourth-order valence-corrected chi connectivity index (χ4v) is 2.93. The van der Waals surface area contributed by atoms with E-state index in [1.807, 2.05) is 20.1 Å². The van der Waals surface area contributed by atoms with Gasteiger partial charge in [-0.25, -0.2) is 4.79 Å². The fraction of sp³-hybridized carbons (Fsp3) is 0.722. The lowest BCUT2D eigenvalue weighted by Gasteiger charge is -2.23. The average Bonchev–Trinajstić information content (AvgIpc) is 2.65. The Morgan fingerprint density at radius 3 is 2.13 bits per heavy atom. The molecule has 0 aliphatic carbocycles. The highest BCUT2D eigenvalue weighted by atomic mass is 32.2. The van der Waals surface area contributed by atoms with E-state index in [1.54, 1.807) is 11.8 Å². The van der Waals surface area contributed by atoms with Crippen LogP contribution >= 0.6 is 11.8 Å². The third-order valence-corrected chi connectivity index (χ3v) is 4.69. The first-order chi connectivity index (χ1) is 14.0. The number of rotatable bonds is 15. The van der Waals surface area contributed by atoms with E-state index in [9.17, 15) is 29.1 Å². The molecule has 0 saturated carbocycles. The van der Waals surface area contributed by atoms with E-state index in [-0.39, 0.29) is 31.7 Å². The van der Waals surface area contributed by atoms with Gasteiger partial charge in [-0.2, -0.15) is 11.8 Å². The molecule has 0 saturated heterocycles. The van der Waals surface area contributed by atoms with Crippen LogP contribution in [0.4, 0.5) is 0 Å². The Hall–Kier alpha value is -2.34. The summed E-state index contributed by atoms with van der Waals surface area (Å²) in [5, 5.41) is 16.5. The predicted molar refractivity (Wildman–Crippen MR) is 113 cm³/mol. The van der Waals surface area contributed by atoms with E-state index in [1.165, 1.54) is 0 Å². The predicted octanol–water partition coefficient (Wildman–Crippen LogP) is -1.45. The van der Waals surface area contributed by atoms with Crippen LogP contribution in [0.1, 0.15) is 39.5 Å². The van der Waals surface area contributed by atoms with Crippen LogP contribution in [0.25, 0.3) is 0 Å². The Morgan fingerprint density at radius 1 is 1.00 bits per heavy atom. The Kier molecular flexibility index (Phi) is 13.5. The second-order valence-corrected chi connectivity index (χ2v) is 8.25. The number of primary amides is 1. The number of aliphatic carboxylic acids is 1. The molecule has 0 aliphatic heterocycles. The topological polar surface area (TPSA) is 194 Å². The molecule has 0 fully saturated rings. The van der Waals surface area contributed by atoms with Gasteiger partial charge in [-0.15, -0.1) is 0 Å². The molecule has 12 heteroatoms. The minimum atomic E-state index is -1.31. The Morgan fingerprint density at radius 2 is 1.63 bits per heavy atom. The molecule has 172 valence electrons. The number of carboxylic acids is 1. The first kappa shape index (κ1) is 27.7. The van der Waals surface area contributed by atoms with Gasteiger partial charge in [-0.3, -0.25) is 19.2 Å². The normalized spacial score (nSPS) is 13.8. The van der Waals surface area contributed by atoms with Crippen molar-refractivity contribution in [2.75, 3.05) is 18.6 Å². The zero-order valence-corrected chi connectivity index (χ0v) is 18.4. The molecular formula is C18H33N5O6S. The highest BCUT2D eigenvalue weighted by Crippen LogP contribution is 2.07. The summed E-state index contributed by atoms with van der Waals surface area (Å²) in [5.74, 6) is -3.05. The Balaban J connectivity index is 4.86. The molecule has 0 spiro atoms. The number of hydrogen-bond acceptors (Lipinski definition) is 7.